The van der Waals surface area contributed by atoms with Gasteiger partial charge in [-0.05, 0) is 176 Å². The van der Waals surface area contributed by atoms with Gasteiger partial charge in [-0.3, -0.25) is 4.79 Å². The second kappa shape index (κ2) is 12.9. The number of hydrogen-bond donors (Lipinski definition) is 0. The number of Topliss-reactive ketones (excluding diaryl/α,β-unsaturated/α-hetero) is 1. The molecule has 2 spiro atoms. The van der Waals surface area contributed by atoms with Gasteiger partial charge in [-0.25, -0.2) is 0 Å². The highest BCUT2D eigenvalue weighted by molar-refractivity contribution is 6.31. The molecule has 71 heavy (non-hydrogen) atoms. The summed E-state index contributed by atoms with van der Waals surface area (Å²) in [6.45, 7) is 10.2. The highest BCUT2D eigenvalue weighted by atomic mass is 19.4. The summed E-state index contributed by atoms with van der Waals surface area (Å²) in [5, 5.41) is 14.9. The van der Waals surface area contributed by atoms with Crippen molar-refractivity contribution in [2.24, 2.45) is 5.41 Å². The Morgan fingerprint density at radius 3 is 1.59 bits per heavy atom. The maximum Gasteiger partial charge on any atom is 0.416 e. The summed E-state index contributed by atoms with van der Waals surface area (Å²) in [7, 11) is 0. The Morgan fingerprint density at radius 2 is 1.01 bits per heavy atom. The van der Waals surface area contributed by atoms with Gasteiger partial charge < -0.3 is 8.80 Å². The Kier molecular flexibility index (Phi) is 7.97. The van der Waals surface area contributed by atoms with E-state index in [1.54, 1.807) is 22.6 Å². The maximum absolute atomic E-state index is 15.3. The van der Waals surface area contributed by atoms with Gasteiger partial charge in [0.05, 0.1) is 44.7 Å². The Hall–Kier alpha value is -5.77. The Labute approximate surface area is 401 Å². The third kappa shape index (κ3) is 4.82. The van der Waals surface area contributed by atoms with Crippen LogP contribution in [0, 0.1) is 37.5 Å². The van der Waals surface area contributed by atoms with Crippen LogP contribution in [0.4, 0.5) is 39.5 Å². The van der Waals surface area contributed by atoms with Crippen molar-refractivity contribution in [3.05, 3.63) is 92.5 Å². The molecule has 0 atom stereocenters. The van der Waals surface area contributed by atoms with Crippen molar-refractivity contribution in [3.8, 4) is 6.07 Å². The van der Waals surface area contributed by atoms with Crippen LogP contribution in [0.15, 0.2) is 42.5 Å². The molecular weight excluding hydrogens is 926 g/mol. The molecule has 5 aromatic carbocycles. The van der Waals surface area contributed by atoms with E-state index in [0.29, 0.717) is 71.1 Å². The number of alkyl halides is 9. The summed E-state index contributed by atoms with van der Waals surface area (Å²) < 4.78 is 141. The van der Waals surface area contributed by atoms with Crippen molar-refractivity contribution >= 4 is 82.0 Å². The number of aromatic nitrogens is 2. The fraction of sp³-hybridized carbons (Fsp3) is 0.448. The molecule has 4 heterocycles. The number of halogens is 9. The average molecular weight is 974 g/mol. The molecule has 0 aliphatic heterocycles. The van der Waals surface area contributed by atoms with Crippen molar-refractivity contribution in [1.29, 1.82) is 5.26 Å². The summed E-state index contributed by atoms with van der Waals surface area (Å²) in [4.78, 5) is 14.6. The molecule has 2 bridgehead atoms. The van der Waals surface area contributed by atoms with Crippen molar-refractivity contribution in [3.63, 3.8) is 0 Å². The number of nitriles is 1. The first kappa shape index (κ1) is 44.0. The molecule has 0 N–H and O–H groups in total. The number of rotatable bonds is 1. The minimum absolute atomic E-state index is 0.104. The summed E-state index contributed by atoms with van der Waals surface area (Å²) in [5.74, 6) is -0.104. The summed E-state index contributed by atoms with van der Waals surface area (Å²) in [6.07, 6.45) is -8.84. The van der Waals surface area contributed by atoms with E-state index in [2.05, 4.69) is 24.3 Å². The third-order valence-electron chi connectivity index (χ3n) is 20.1. The van der Waals surface area contributed by atoms with E-state index in [-0.39, 0.29) is 43.7 Å². The molecule has 9 aromatic rings. The molecule has 6 aliphatic carbocycles. The quantitative estimate of drug-likeness (QED) is 0.154. The number of ketones is 1. The monoisotopic (exact) mass is 973 g/mol. The number of benzene rings is 5. The van der Waals surface area contributed by atoms with Gasteiger partial charge in [0, 0.05) is 54.1 Å². The molecule has 13 heteroatoms. The predicted octanol–water partition coefficient (Wildman–Crippen LogP) is 16.8. The number of fused-ring (bicyclic) bond motifs is 18. The largest absolute Gasteiger partial charge is 0.416 e. The van der Waals surface area contributed by atoms with Crippen molar-refractivity contribution < 1.29 is 44.3 Å². The zero-order valence-corrected chi connectivity index (χ0v) is 39.9. The first-order valence-corrected chi connectivity index (χ1v) is 25.0. The van der Waals surface area contributed by atoms with Gasteiger partial charge in [0.15, 0.2) is 5.78 Å². The summed E-state index contributed by atoms with van der Waals surface area (Å²) >= 11 is 0. The maximum atomic E-state index is 15.3. The Balaban J connectivity index is 1.20. The Bertz CT molecular complexity index is 3950. The minimum atomic E-state index is -6.84. The lowest BCUT2D eigenvalue weighted by Crippen LogP contribution is -2.63. The SMILES string of the molecule is Cc1c(C)c2c3cc4c(cc3n3c5cc(C#N)c6c(c5c(c1C)c23)C1(CCCC1)CC61CCCC1)c1cc(C(C(F)(F)F)(C(F)(F)F)C(F)(F)F)cc2c3cc5c(cc3n4c21)C(=O)C1(C)CCC5(C)CC1. The lowest BCUT2D eigenvalue weighted by atomic mass is 9.65. The van der Waals surface area contributed by atoms with E-state index >= 15 is 39.5 Å². The first-order chi connectivity index (χ1) is 33.4. The van der Waals surface area contributed by atoms with E-state index in [1.807, 2.05) is 32.9 Å². The molecule has 364 valence electrons. The van der Waals surface area contributed by atoms with E-state index < -0.39 is 40.3 Å². The lowest BCUT2D eigenvalue weighted by Gasteiger charge is -2.39. The molecule has 3 saturated carbocycles. The van der Waals surface area contributed by atoms with Crippen LogP contribution in [0.5, 0.6) is 0 Å². The molecule has 0 amide bonds. The van der Waals surface area contributed by atoms with Crippen LogP contribution in [0.3, 0.4) is 0 Å². The van der Waals surface area contributed by atoms with Gasteiger partial charge in [-0.1, -0.05) is 39.5 Å². The average Bonchev–Trinajstić information content (AvgIpc) is 4.18. The minimum Gasteiger partial charge on any atom is -0.308 e. The van der Waals surface area contributed by atoms with E-state index in [1.165, 1.54) is 11.1 Å². The normalized spacial score (nSPS) is 23.5. The molecule has 0 radical (unpaired) electrons. The van der Waals surface area contributed by atoms with Gasteiger partial charge in [0.2, 0.25) is 0 Å². The van der Waals surface area contributed by atoms with Crippen LogP contribution >= 0.6 is 0 Å². The number of aryl methyl sites for hydroxylation is 2. The van der Waals surface area contributed by atoms with Crippen molar-refractivity contribution in [2.75, 3.05) is 0 Å². The fourth-order valence-electron chi connectivity index (χ4n) is 16.5. The zero-order valence-electron chi connectivity index (χ0n) is 39.9. The fourth-order valence-corrected chi connectivity index (χ4v) is 16.5. The van der Waals surface area contributed by atoms with E-state index in [4.69, 9.17) is 0 Å². The van der Waals surface area contributed by atoms with Gasteiger partial charge in [0.25, 0.3) is 5.41 Å². The molecule has 0 saturated heterocycles. The molecule has 4 nitrogen and oxygen atoms in total. The summed E-state index contributed by atoms with van der Waals surface area (Å²) in [5.41, 5.74) is 0.581. The molecule has 3 fully saturated rings. The highest BCUT2D eigenvalue weighted by Gasteiger charge is 2.84. The zero-order chi connectivity index (χ0) is 49.9. The van der Waals surface area contributed by atoms with Crippen LogP contribution < -0.4 is 0 Å². The summed E-state index contributed by atoms with van der Waals surface area (Å²) in [6, 6.07) is 12.5. The van der Waals surface area contributed by atoms with E-state index in [0.717, 1.165) is 107 Å². The standard InChI is InChI=1S/C58H48F9N3O/c1-27-28(2)43-37-24-40-33(22-41(37)70-42-18-30(25-68)46-47(45(42)44(29(27)3)49(43)70)54(12-8-9-13-54)26-53(46)10-6-7-11-53)35-20-31(55(56(59,60)61,57(62,63)64)58(65,66)67)19-34-32-21-38-36(23-39(32)69(40)48(34)35)50(71)52(5)16-14-51(38,4)15-17-52/h18-24H,6-17,26H2,1-5H3. The number of hydrogen-bond acceptors (Lipinski definition) is 2. The van der Waals surface area contributed by atoms with Crippen molar-refractivity contribution in [2.45, 2.75) is 158 Å². The lowest BCUT2D eigenvalue weighted by molar-refractivity contribution is -0.387. The van der Waals surface area contributed by atoms with Crippen LogP contribution in [-0.4, -0.2) is 33.1 Å². The smallest absolute Gasteiger partial charge is 0.308 e. The molecule has 0 unspecified atom stereocenters. The van der Waals surface area contributed by atoms with Gasteiger partial charge >= 0.3 is 18.5 Å². The number of nitrogens with zero attached hydrogens (tertiary/aromatic N) is 3. The van der Waals surface area contributed by atoms with Gasteiger partial charge in [-0.15, -0.1) is 0 Å². The third-order valence-corrected chi connectivity index (χ3v) is 20.1. The molecular formula is C58H48F9N3O. The second-order valence-corrected chi connectivity index (χ2v) is 23.4. The van der Waals surface area contributed by atoms with Crippen LogP contribution in [0.25, 0.3) is 76.2 Å². The topological polar surface area (TPSA) is 49.7 Å². The van der Waals surface area contributed by atoms with Crippen LogP contribution in [0.1, 0.15) is 152 Å². The molecule has 4 aromatic heterocycles. The highest BCUT2D eigenvalue weighted by Crippen LogP contribution is 2.66. The van der Waals surface area contributed by atoms with Gasteiger partial charge in [-0.2, -0.15) is 44.8 Å². The Morgan fingerprint density at radius 1 is 0.521 bits per heavy atom. The second-order valence-electron chi connectivity index (χ2n) is 23.4. The first-order valence-electron chi connectivity index (χ1n) is 25.0. The van der Waals surface area contributed by atoms with Gasteiger partial charge in [0.1, 0.15) is 0 Å². The van der Waals surface area contributed by atoms with Crippen molar-refractivity contribution in [1.82, 2.24) is 8.80 Å². The van der Waals surface area contributed by atoms with E-state index in [9.17, 15) is 10.1 Å². The predicted molar refractivity (Wildman–Crippen MR) is 258 cm³/mol. The van der Waals surface area contributed by atoms with Crippen LogP contribution in [0.2, 0.25) is 0 Å². The number of carbonyl (C=O) groups excluding carboxylic acids is 1. The van der Waals surface area contributed by atoms with Crippen LogP contribution in [-0.2, 0) is 21.7 Å². The number of carbonyl (C=O) groups is 1. The molecule has 6 aliphatic rings. The molecule has 15 rings (SSSR count).